The second-order valence-electron chi connectivity index (χ2n) is 7.79. The van der Waals surface area contributed by atoms with Crippen LogP contribution in [0.5, 0.6) is 5.75 Å². The molecule has 5 heteroatoms. The number of ether oxygens (including phenoxy) is 2. The molecule has 0 aliphatic carbocycles. The summed E-state index contributed by atoms with van der Waals surface area (Å²) in [4.78, 5) is 15.9. The molecule has 156 valence electrons. The van der Waals surface area contributed by atoms with Gasteiger partial charge in [-0.15, -0.1) is 0 Å². The normalized spacial score (nSPS) is 17.8. The van der Waals surface area contributed by atoms with E-state index in [0.29, 0.717) is 13.0 Å². The molecule has 2 unspecified atom stereocenters. The first-order valence-electron chi connectivity index (χ1n) is 10.4. The highest BCUT2D eigenvalue weighted by atomic mass is 16.5. The van der Waals surface area contributed by atoms with Crippen molar-refractivity contribution in [1.82, 2.24) is 10.3 Å². The fourth-order valence-corrected chi connectivity index (χ4v) is 4.29. The fourth-order valence-electron chi connectivity index (χ4n) is 4.29. The maximum atomic E-state index is 12.4. The molecule has 5 rings (SSSR count). The Balaban J connectivity index is 1.44. The summed E-state index contributed by atoms with van der Waals surface area (Å²) in [6.45, 7) is 0.526. The van der Waals surface area contributed by atoms with Crippen LogP contribution in [0.15, 0.2) is 78.9 Å². The van der Waals surface area contributed by atoms with Gasteiger partial charge in [0.05, 0.1) is 13.2 Å². The summed E-state index contributed by atoms with van der Waals surface area (Å²) in [6, 6.07) is 25.8. The number of carbonyl (C=O) groups is 1. The smallest absolute Gasteiger partial charge is 0.323 e. The molecule has 0 saturated carbocycles. The number of benzene rings is 3. The third-order valence-electron chi connectivity index (χ3n) is 5.86. The van der Waals surface area contributed by atoms with Crippen LogP contribution in [0.25, 0.3) is 10.9 Å². The van der Waals surface area contributed by atoms with Crippen molar-refractivity contribution >= 4 is 16.9 Å². The molecule has 5 nitrogen and oxygen atoms in total. The molecule has 0 radical (unpaired) electrons. The van der Waals surface area contributed by atoms with Crippen molar-refractivity contribution in [2.45, 2.75) is 25.1 Å². The van der Waals surface area contributed by atoms with Crippen LogP contribution < -0.4 is 10.1 Å². The summed E-state index contributed by atoms with van der Waals surface area (Å²) < 4.78 is 11.0. The zero-order chi connectivity index (χ0) is 21.2. The van der Waals surface area contributed by atoms with E-state index in [4.69, 9.17) is 9.47 Å². The minimum absolute atomic E-state index is 0.136. The van der Waals surface area contributed by atoms with Crippen molar-refractivity contribution in [3.05, 3.63) is 101 Å². The third kappa shape index (κ3) is 3.80. The van der Waals surface area contributed by atoms with Gasteiger partial charge in [-0.3, -0.25) is 10.1 Å². The van der Waals surface area contributed by atoms with Gasteiger partial charge in [0.2, 0.25) is 0 Å². The van der Waals surface area contributed by atoms with Crippen molar-refractivity contribution in [3.8, 4) is 5.75 Å². The quantitative estimate of drug-likeness (QED) is 0.473. The van der Waals surface area contributed by atoms with Gasteiger partial charge in [0, 0.05) is 23.0 Å². The Labute approximate surface area is 181 Å². The van der Waals surface area contributed by atoms with Crippen molar-refractivity contribution in [3.63, 3.8) is 0 Å². The average Bonchev–Trinajstić information content (AvgIpc) is 3.21. The molecule has 1 aliphatic rings. The van der Waals surface area contributed by atoms with Gasteiger partial charge in [-0.25, -0.2) is 0 Å². The topological polar surface area (TPSA) is 63.4 Å². The van der Waals surface area contributed by atoms with Crippen LogP contribution >= 0.6 is 0 Å². The molecule has 0 bridgehead atoms. The lowest BCUT2D eigenvalue weighted by molar-refractivity contribution is -0.143. The number of methoxy groups -OCH3 is 1. The number of hydrogen-bond donors (Lipinski definition) is 2. The standard InChI is InChI=1S/C26H24N2O3/c1-30-26(29)23-15-21-20-9-5-6-10-22(20)27-25(21)24(28-23)18-11-13-19(14-12-18)31-16-17-7-3-2-4-8-17/h2-14,23-24,27-28H,15-16H2,1H3. The number of esters is 1. The lowest BCUT2D eigenvalue weighted by Crippen LogP contribution is -2.45. The molecule has 1 aliphatic heterocycles. The Morgan fingerprint density at radius 3 is 2.48 bits per heavy atom. The predicted octanol–water partition coefficient (Wildman–Crippen LogP) is 4.52. The van der Waals surface area contributed by atoms with Crippen LogP contribution in [0, 0.1) is 0 Å². The average molecular weight is 412 g/mol. The van der Waals surface area contributed by atoms with E-state index in [1.165, 1.54) is 12.7 Å². The summed E-state index contributed by atoms with van der Waals surface area (Å²) >= 11 is 0. The fraction of sp³-hybridized carbons (Fsp3) is 0.192. The Hall–Kier alpha value is -3.57. The number of fused-ring (bicyclic) bond motifs is 3. The van der Waals surface area contributed by atoms with Crippen LogP contribution in [0.1, 0.15) is 28.4 Å². The van der Waals surface area contributed by atoms with Crippen molar-refractivity contribution in [2.24, 2.45) is 0 Å². The maximum absolute atomic E-state index is 12.4. The van der Waals surface area contributed by atoms with Crippen molar-refractivity contribution < 1.29 is 14.3 Å². The second-order valence-corrected chi connectivity index (χ2v) is 7.79. The largest absolute Gasteiger partial charge is 0.489 e. The Kier molecular flexibility index (Phi) is 5.18. The summed E-state index contributed by atoms with van der Waals surface area (Å²) in [5.41, 5.74) is 5.53. The zero-order valence-corrected chi connectivity index (χ0v) is 17.3. The second kappa shape index (κ2) is 8.28. The van der Waals surface area contributed by atoms with Crippen LogP contribution in [0.4, 0.5) is 0 Å². The minimum Gasteiger partial charge on any atom is -0.489 e. The summed E-state index contributed by atoms with van der Waals surface area (Å²) in [6.07, 6.45) is 0.598. The Morgan fingerprint density at radius 1 is 0.968 bits per heavy atom. The molecule has 0 saturated heterocycles. The molecular weight excluding hydrogens is 388 g/mol. The van der Waals surface area contributed by atoms with Crippen LogP contribution in [0.3, 0.4) is 0 Å². The van der Waals surface area contributed by atoms with E-state index in [-0.39, 0.29) is 12.0 Å². The van der Waals surface area contributed by atoms with Gasteiger partial charge in [-0.1, -0.05) is 60.7 Å². The van der Waals surface area contributed by atoms with Gasteiger partial charge < -0.3 is 14.5 Å². The summed E-state index contributed by atoms with van der Waals surface area (Å²) in [7, 11) is 1.43. The van der Waals surface area contributed by atoms with Gasteiger partial charge >= 0.3 is 5.97 Å². The van der Waals surface area contributed by atoms with Crippen LogP contribution in [0.2, 0.25) is 0 Å². The number of hydrogen-bond acceptors (Lipinski definition) is 4. The van der Waals surface area contributed by atoms with Gasteiger partial charge in [0.15, 0.2) is 0 Å². The SMILES string of the molecule is COC(=O)C1Cc2c([nH]c3ccccc23)C(c2ccc(OCc3ccccc3)cc2)N1. The molecule has 3 aromatic carbocycles. The molecule has 4 aromatic rings. The van der Waals surface area contributed by atoms with Gasteiger partial charge in [0.25, 0.3) is 0 Å². The lowest BCUT2D eigenvalue weighted by atomic mass is 9.90. The Morgan fingerprint density at radius 2 is 1.71 bits per heavy atom. The first-order valence-corrected chi connectivity index (χ1v) is 10.4. The zero-order valence-electron chi connectivity index (χ0n) is 17.3. The van der Waals surface area contributed by atoms with E-state index in [0.717, 1.165) is 33.5 Å². The van der Waals surface area contributed by atoms with E-state index in [9.17, 15) is 4.79 Å². The number of carbonyl (C=O) groups excluding carboxylic acids is 1. The van der Waals surface area contributed by atoms with E-state index < -0.39 is 6.04 Å². The van der Waals surface area contributed by atoms with Crippen molar-refractivity contribution in [1.29, 1.82) is 0 Å². The minimum atomic E-state index is -0.393. The van der Waals surface area contributed by atoms with Gasteiger partial charge in [-0.2, -0.15) is 0 Å². The van der Waals surface area contributed by atoms with Gasteiger partial charge in [-0.05, 0) is 34.9 Å². The maximum Gasteiger partial charge on any atom is 0.323 e. The molecule has 2 atom stereocenters. The van der Waals surface area contributed by atoms with E-state index in [2.05, 4.69) is 22.4 Å². The highest BCUT2D eigenvalue weighted by Gasteiger charge is 2.34. The van der Waals surface area contributed by atoms with Gasteiger partial charge in [0.1, 0.15) is 18.4 Å². The summed E-state index contributed by atoms with van der Waals surface area (Å²) in [5.74, 6) is 0.563. The highest BCUT2D eigenvalue weighted by Crippen LogP contribution is 2.35. The molecule has 2 heterocycles. The molecule has 2 N–H and O–H groups in total. The first-order chi connectivity index (χ1) is 15.2. The monoisotopic (exact) mass is 412 g/mol. The number of para-hydroxylation sites is 1. The lowest BCUT2D eigenvalue weighted by Gasteiger charge is -2.30. The molecule has 31 heavy (non-hydrogen) atoms. The molecular formula is C26H24N2O3. The first kappa shape index (κ1) is 19.4. The molecule has 0 amide bonds. The highest BCUT2D eigenvalue weighted by molar-refractivity contribution is 5.87. The number of H-pyrrole nitrogens is 1. The van der Waals surface area contributed by atoms with Crippen LogP contribution in [-0.4, -0.2) is 24.1 Å². The third-order valence-corrected chi connectivity index (χ3v) is 5.86. The number of rotatable bonds is 5. The molecule has 1 aromatic heterocycles. The van der Waals surface area contributed by atoms with Crippen molar-refractivity contribution in [2.75, 3.05) is 7.11 Å². The number of aromatic nitrogens is 1. The Bertz CT molecular complexity index is 1200. The molecule has 0 spiro atoms. The number of nitrogens with one attached hydrogen (secondary N) is 2. The van der Waals surface area contributed by atoms with E-state index >= 15 is 0 Å². The van der Waals surface area contributed by atoms with E-state index in [1.807, 2.05) is 66.7 Å². The number of aromatic amines is 1. The summed E-state index contributed by atoms with van der Waals surface area (Å²) in [5, 5.41) is 4.62. The van der Waals surface area contributed by atoms with E-state index in [1.54, 1.807) is 0 Å². The predicted molar refractivity (Wildman–Crippen MR) is 120 cm³/mol. The molecule has 0 fully saturated rings. The van der Waals surface area contributed by atoms with Crippen LogP contribution in [-0.2, 0) is 22.6 Å².